The van der Waals surface area contributed by atoms with Gasteiger partial charge in [-0.2, -0.15) is 0 Å². The number of rotatable bonds is 5. The van der Waals surface area contributed by atoms with Gasteiger partial charge in [0.15, 0.2) is 5.96 Å². The van der Waals surface area contributed by atoms with Gasteiger partial charge in [0.25, 0.3) is 0 Å². The normalized spacial score (nSPS) is 14.0. The third-order valence-electron chi connectivity index (χ3n) is 3.97. The molecule has 0 saturated heterocycles. The molecular weight excluding hydrogens is 403 g/mol. The van der Waals surface area contributed by atoms with Gasteiger partial charge in [-0.05, 0) is 63.3 Å². The maximum Gasteiger partial charge on any atom is 0.227 e. The third-order valence-corrected chi connectivity index (χ3v) is 3.97. The Kier molecular flexibility index (Phi) is 7.31. The summed E-state index contributed by atoms with van der Waals surface area (Å²) in [5.41, 5.74) is 9.14. The summed E-state index contributed by atoms with van der Waals surface area (Å²) in [4.78, 5) is 16.2. The van der Waals surface area contributed by atoms with Crippen molar-refractivity contribution in [1.29, 1.82) is 0 Å². The number of hydrogen-bond acceptors (Lipinski definition) is 2. The molecule has 5 nitrogen and oxygen atoms in total. The highest BCUT2D eigenvalue weighted by atomic mass is 127. The summed E-state index contributed by atoms with van der Waals surface area (Å²) in [7, 11) is 0. The van der Waals surface area contributed by atoms with E-state index in [1.165, 1.54) is 24.0 Å². The second-order valence-electron chi connectivity index (χ2n) is 6.41. The molecule has 1 aliphatic carbocycles. The summed E-state index contributed by atoms with van der Waals surface area (Å²) in [6, 6.07) is 6.32. The molecule has 0 fully saturated rings. The lowest BCUT2D eigenvalue weighted by Crippen LogP contribution is -2.39. The first-order valence-corrected chi connectivity index (χ1v) is 7.89. The number of benzene rings is 1. The van der Waals surface area contributed by atoms with E-state index in [9.17, 15) is 4.79 Å². The minimum absolute atomic E-state index is 0. The fourth-order valence-corrected chi connectivity index (χ4v) is 2.59. The van der Waals surface area contributed by atoms with E-state index in [2.05, 4.69) is 27.8 Å². The molecule has 0 aliphatic heterocycles. The minimum atomic E-state index is -0.569. The van der Waals surface area contributed by atoms with Crippen LogP contribution in [0.25, 0.3) is 0 Å². The van der Waals surface area contributed by atoms with Gasteiger partial charge in [0, 0.05) is 12.2 Å². The van der Waals surface area contributed by atoms with Crippen LogP contribution in [-0.2, 0) is 17.6 Å². The summed E-state index contributed by atoms with van der Waals surface area (Å²) in [5, 5.41) is 5.93. The summed E-state index contributed by atoms with van der Waals surface area (Å²) in [6.07, 6.45) is 3.52. The smallest absolute Gasteiger partial charge is 0.227 e. The lowest BCUT2D eigenvalue weighted by atomic mass is 9.92. The Labute approximate surface area is 155 Å². The molecule has 0 atom stereocenters. The second-order valence-corrected chi connectivity index (χ2v) is 6.41. The molecule has 0 heterocycles. The van der Waals surface area contributed by atoms with Gasteiger partial charge in [0.2, 0.25) is 5.91 Å². The number of aliphatic imine (C=N–C) groups is 1. The maximum atomic E-state index is 11.9. The summed E-state index contributed by atoms with van der Waals surface area (Å²) >= 11 is 0. The fraction of sp³-hybridized carbons (Fsp3) is 0.529. The monoisotopic (exact) mass is 430 g/mol. The predicted molar refractivity (Wildman–Crippen MR) is 106 cm³/mol. The molecule has 2 rings (SSSR count). The van der Waals surface area contributed by atoms with Crippen molar-refractivity contribution >= 4 is 41.5 Å². The van der Waals surface area contributed by atoms with E-state index in [0.29, 0.717) is 19.0 Å². The van der Waals surface area contributed by atoms with Crippen LogP contribution in [0.1, 0.15) is 38.3 Å². The van der Waals surface area contributed by atoms with Crippen molar-refractivity contribution in [3.63, 3.8) is 0 Å². The number of guanidine groups is 1. The van der Waals surface area contributed by atoms with Crippen LogP contribution in [0.15, 0.2) is 23.2 Å². The molecule has 0 radical (unpaired) electrons. The first kappa shape index (κ1) is 19.7. The van der Waals surface area contributed by atoms with Crippen LogP contribution < -0.4 is 16.4 Å². The van der Waals surface area contributed by atoms with E-state index in [1.807, 2.05) is 26.8 Å². The van der Waals surface area contributed by atoms with Crippen LogP contribution in [0.5, 0.6) is 0 Å². The van der Waals surface area contributed by atoms with Crippen LogP contribution in [-0.4, -0.2) is 25.0 Å². The van der Waals surface area contributed by atoms with E-state index in [-0.39, 0.29) is 29.9 Å². The number of nitrogens with two attached hydrogens (primary N) is 1. The van der Waals surface area contributed by atoms with E-state index in [4.69, 9.17) is 5.73 Å². The van der Waals surface area contributed by atoms with E-state index < -0.39 is 5.41 Å². The van der Waals surface area contributed by atoms with Crippen molar-refractivity contribution in [2.24, 2.45) is 16.1 Å². The second kappa shape index (κ2) is 8.52. The Balaban J connectivity index is 0.00000264. The Morgan fingerprint density at radius 1 is 1.30 bits per heavy atom. The van der Waals surface area contributed by atoms with E-state index in [0.717, 1.165) is 12.1 Å². The van der Waals surface area contributed by atoms with Gasteiger partial charge in [-0.3, -0.25) is 9.79 Å². The molecule has 0 aromatic heterocycles. The van der Waals surface area contributed by atoms with Crippen LogP contribution in [0.3, 0.4) is 0 Å². The van der Waals surface area contributed by atoms with Gasteiger partial charge >= 0.3 is 0 Å². The maximum absolute atomic E-state index is 11.9. The number of fused-ring (bicyclic) bond motifs is 1. The number of amides is 1. The highest BCUT2D eigenvalue weighted by molar-refractivity contribution is 14.0. The molecule has 23 heavy (non-hydrogen) atoms. The van der Waals surface area contributed by atoms with Crippen molar-refractivity contribution in [3.05, 3.63) is 29.3 Å². The molecule has 128 valence electrons. The topological polar surface area (TPSA) is 79.5 Å². The third kappa shape index (κ3) is 5.37. The quantitative estimate of drug-likeness (QED) is 0.382. The fourth-order valence-electron chi connectivity index (χ4n) is 2.59. The molecule has 4 N–H and O–H groups in total. The molecule has 0 spiro atoms. The van der Waals surface area contributed by atoms with Crippen LogP contribution in [0, 0.1) is 5.41 Å². The Hall–Kier alpha value is -1.31. The standard InChI is InChI=1S/C17H26N4O.HI/c1-4-19-15(22)17(2,3)11-20-16(18)21-14-9-8-12-6-5-7-13(12)10-14;/h8-10H,4-7,11H2,1-3H3,(H,19,22)(H3,18,20,21);1H. The number of anilines is 1. The van der Waals surface area contributed by atoms with Crippen LogP contribution in [0.4, 0.5) is 5.69 Å². The molecule has 1 aromatic rings. The summed E-state index contributed by atoms with van der Waals surface area (Å²) < 4.78 is 0. The highest BCUT2D eigenvalue weighted by Crippen LogP contribution is 2.24. The average Bonchev–Trinajstić information content (AvgIpc) is 2.93. The van der Waals surface area contributed by atoms with Crippen LogP contribution >= 0.6 is 24.0 Å². The predicted octanol–water partition coefficient (Wildman–Crippen LogP) is 2.68. The lowest BCUT2D eigenvalue weighted by molar-refractivity contribution is -0.128. The highest BCUT2D eigenvalue weighted by Gasteiger charge is 2.26. The first-order chi connectivity index (χ1) is 10.4. The van der Waals surface area contributed by atoms with Gasteiger partial charge in [0.05, 0.1) is 12.0 Å². The number of carbonyl (C=O) groups is 1. The molecule has 0 unspecified atom stereocenters. The largest absolute Gasteiger partial charge is 0.370 e. The zero-order valence-electron chi connectivity index (χ0n) is 14.1. The number of aryl methyl sites for hydroxylation is 2. The van der Waals surface area contributed by atoms with Crippen molar-refractivity contribution in [2.45, 2.75) is 40.0 Å². The number of carbonyl (C=O) groups excluding carboxylic acids is 1. The van der Waals surface area contributed by atoms with Crippen molar-refractivity contribution in [2.75, 3.05) is 18.4 Å². The zero-order valence-corrected chi connectivity index (χ0v) is 16.4. The molecule has 1 amide bonds. The SMILES string of the molecule is CCNC(=O)C(C)(C)CN=C(N)Nc1ccc2c(c1)CCC2.I. The Bertz CT molecular complexity index is 584. The van der Waals surface area contributed by atoms with Gasteiger partial charge < -0.3 is 16.4 Å². The first-order valence-electron chi connectivity index (χ1n) is 7.89. The number of nitrogens with one attached hydrogen (secondary N) is 2. The van der Waals surface area contributed by atoms with Gasteiger partial charge in [-0.25, -0.2) is 0 Å². The molecule has 1 aliphatic rings. The van der Waals surface area contributed by atoms with Gasteiger partial charge in [0.1, 0.15) is 0 Å². The molecule has 1 aromatic carbocycles. The van der Waals surface area contributed by atoms with Crippen molar-refractivity contribution < 1.29 is 4.79 Å². The lowest BCUT2D eigenvalue weighted by Gasteiger charge is -2.21. The minimum Gasteiger partial charge on any atom is -0.370 e. The number of halogens is 1. The summed E-state index contributed by atoms with van der Waals surface area (Å²) in [6.45, 7) is 6.60. The Morgan fingerprint density at radius 2 is 2.00 bits per heavy atom. The van der Waals surface area contributed by atoms with E-state index in [1.54, 1.807) is 0 Å². The van der Waals surface area contributed by atoms with Gasteiger partial charge in [-0.15, -0.1) is 24.0 Å². The van der Waals surface area contributed by atoms with Crippen LogP contribution in [0.2, 0.25) is 0 Å². The Morgan fingerprint density at radius 3 is 2.70 bits per heavy atom. The average molecular weight is 430 g/mol. The van der Waals surface area contributed by atoms with Crippen molar-refractivity contribution in [3.8, 4) is 0 Å². The zero-order chi connectivity index (χ0) is 16.2. The number of hydrogen-bond donors (Lipinski definition) is 3. The molecule has 0 bridgehead atoms. The van der Waals surface area contributed by atoms with Crippen molar-refractivity contribution in [1.82, 2.24) is 5.32 Å². The molecular formula is C17H27IN4O. The molecule has 6 heteroatoms. The van der Waals surface area contributed by atoms with Gasteiger partial charge in [-0.1, -0.05) is 6.07 Å². The number of nitrogens with zero attached hydrogens (tertiary/aromatic N) is 1. The summed E-state index contributed by atoms with van der Waals surface area (Å²) in [5.74, 6) is 0.333. The van der Waals surface area contributed by atoms with E-state index >= 15 is 0 Å². The molecule has 0 saturated carbocycles.